The Kier molecular flexibility index (Phi) is 5.14. The first-order valence-corrected chi connectivity index (χ1v) is 6.01. The van der Waals surface area contributed by atoms with Crippen molar-refractivity contribution in [1.82, 2.24) is 0 Å². The zero-order valence-corrected chi connectivity index (χ0v) is 9.67. The van der Waals surface area contributed by atoms with Crippen LogP contribution in [0.4, 0.5) is 0 Å². The molecular formula is C13H22O2. The van der Waals surface area contributed by atoms with Crippen molar-refractivity contribution < 1.29 is 9.84 Å². The van der Waals surface area contributed by atoms with Crippen LogP contribution < -0.4 is 0 Å². The Morgan fingerprint density at radius 2 is 2.13 bits per heavy atom. The maximum absolute atomic E-state index is 10.3. The van der Waals surface area contributed by atoms with Crippen LogP contribution >= 0.6 is 0 Å². The van der Waals surface area contributed by atoms with Gasteiger partial charge in [-0.15, -0.1) is 6.42 Å². The topological polar surface area (TPSA) is 29.5 Å². The van der Waals surface area contributed by atoms with Crippen molar-refractivity contribution in [1.29, 1.82) is 0 Å². The van der Waals surface area contributed by atoms with Crippen LogP contribution in [0.15, 0.2) is 0 Å². The Balaban J connectivity index is 2.35. The summed E-state index contributed by atoms with van der Waals surface area (Å²) in [4.78, 5) is 0. The third-order valence-electron chi connectivity index (χ3n) is 3.33. The van der Waals surface area contributed by atoms with Crippen LogP contribution in [-0.2, 0) is 4.74 Å². The summed E-state index contributed by atoms with van der Waals surface area (Å²) >= 11 is 0. The molecule has 0 aromatic rings. The van der Waals surface area contributed by atoms with Gasteiger partial charge in [0.1, 0.15) is 5.60 Å². The predicted molar refractivity (Wildman–Crippen MR) is 61.5 cm³/mol. The largest absolute Gasteiger partial charge is 0.382 e. The molecule has 2 heteroatoms. The van der Waals surface area contributed by atoms with Crippen LogP contribution in [0.25, 0.3) is 0 Å². The zero-order chi connectivity index (χ0) is 11.1. The number of terminal acetylenes is 1. The van der Waals surface area contributed by atoms with Crippen LogP contribution in [0.3, 0.4) is 0 Å². The van der Waals surface area contributed by atoms with Gasteiger partial charge in [0.25, 0.3) is 0 Å². The molecule has 2 nitrogen and oxygen atoms in total. The van der Waals surface area contributed by atoms with E-state index in [-0.39, 0.29) is 0 Å². The summed E-state index contributed by atoms with van der Waals surface area (Å²) in [7, 11) is 0. The van der Waals surface area contributed by atoms with Gasteiger partial charge >= 0.3 is 0 Å². The lowest BCUT2D eigenvalue weighted by Gasteiger charge is -2.28. The van der Waals surface area contributed by atoms with E-state index in [1.807, 2.05) is 6.92 Å². The predicted octanol–water partition coefficient (Wildman–Crippen LogP) is 2.36. The molecule has 0 aliphatic heterocycles. The standard InChI is InChI=1S/C13H22O2/c1-3-13(14,10-7-11-15-4-2)12-8-5-6-9-12/h1,12,14H,4-11H2,2H3. The van der Waals surface area contributed by atoms with Crippen LogP contribution in [0, 0.1) is 18.3 Å². The van der Waals surface area contributed by atoms with Gasteiger partial charge in [0.15, 0.2) is 0 Å². The first-order valence-electron chi connectivity index (χ1n) is 6.01. The van der Waals surface area contributed by atoms with Crippen molar-refractivity contribution >= 4 is 0 Å². The van der Waals surface area contributed by atoms with E-state index in [9.17, 15) is 5.11 Å². The highest BCUT2D eigenvalue weighted by atomic mass is 16.5. The minimum atomic E-state index is -0.881. The maximum Gasteiger partial charge on any atom is 0.128 e. The molecule has 86 valence electrons. The van der Waals surface area contributed by atoms with Gasteiger partial charge in [-0.3, -0.25) is 0 Å². The van der Waals surface area contributed by atoms with Crippen molar-refractivity contribution in [2.24, 2.45) is 5.92 Å². The summed E-state index contributed by atoms with van der Waals surface area (Å²) in [6, 6.07) is 0. The van der Waals surface area contributed by atoms with E-state index < -0.39 is 5.60 Å². The number of hydrogen-bond donors (Lipinski definition) is 1. The lowest BCUT2D eigenvalue weighted by atomic mass is 9.83. The lowest BCUT2D eigenvalue weighted by Crippen LogP contribution is -2.35. The molecule has 0 aromatic heterocycles. The van der Waals surface area contributed by atoms with E-state index in [2.05, 4.69) is 5.92 Å². The van der Waals surface area contributed by atoms with Crippen LogP contribution in [0.5, 0.6) is 0 Å². The number of ether oxygens (including phenoxy) is 1. The van der Waals surface area contributed by atoms with E-state index in [1.54, 1.807) is 0 Å². The fourth-order valence-electron chi connectivity index (χ4n) is 2.39. The van der Waals surface area contributed by atoms with Crippen molar-refractivity contribution in [3.63, 3.8) is 0 Å². The highest BCUT2D eigenvalue weighted by molar-refractivity contribution is 5.11. The highest BCUT2D eigenvalue weighted by Crippen LogP contribution is 2.36. The molecule has 1 unspecified atom stereocenters. The number of hydrogen-bond acceptors (Lipinski definition) is 2. The van der Waals surface area contributed by atoms with Crippen molar-refractivity contribution in [2.75, 3.05) is 13.2 Å². The Morgan fingerprint density at radius 3 is 2.67 bits per heavy atom. The van der Waals surface area contributed by atoms with Crippen molar-refractivity contribution in [2.45, 2.75) is 51.0 Å². The second-order valence-electron chi connectivity index (χ2n) is 4.35. The Morgan fingerprint density at radius 1 is 1.47 bits per heavy atom. The average molecular weight is 210 g/mol. The average Bonchev–Trinajstić information content (AvgIpc) is 2.78. The molecule has 0 heterocycles. The van der Waals surface area contributed by atoms with E-state index in [0.29, 0.717) is 18.9 Å². The molecule has 0 amide bonds. The van der Waals surface area contributed by atoms with E-state index in [4.69, 9.17) is 11.2 Å². The second kappa shape index (κ2) is 6.15. The van der Waals surface area contributed by atoms with Crippen molar-refractivity contribution in [3.8, 4) is 12.3 Å². The molecule has 0 spiro atoms. The minimum Gasteiger partial charge on any atom is -0.382 e. The van der Waals surface area contributed by atoms with E-state index >= 15 is 0 Å². The van der Waals surface area contributed by atoms with Crippen molar-refractivity contribution in [3.05, 3.63) is 0 Å². The van der Waals surface area contributed by atoms with Crippen LogP contribution in [-0.4, -0.2) is 23.9 Å². The maximum atomic E-state index is 10.3. The summed E-state index contributed by atoms with van der Waals surface area (Å²) < 4.78 is 5.26. The fourth-order valence-corrected chi connectivity index (χ4v) is 2.39. The molecule has 1 atom stereocenters. The van der Waals surface area contributed by atoms with Gasteiger partial charge in [-0.25, -0.2) is 0 Å². The summed E-state index contributed by atoms with van der Waals surface area (Å²) in [5.41, 5.74) is -0.881. The van der Waals surface area contributed by atoms with Gasteiger partial charge in [-0.2, -0.15) is 0 Å². The molecule has 1 fully saturated rings. The molecule has 0 saturated heterocycles. The molecule has 1 N–H and O–H groups in total. The summed E-state index contributed by atoms with van der Waals surface area (Å²) in [5.74, 6) is 2.91. The van der Waals surface area contributed by atoms with Gasteiger partial charge in [-0.1, -0.05) is 18.8 Å². The summed E-state index contributed by atoms with van der Waals surface area (Å²) in [5, 5.41) is 10.3. The SMILES string of the molecule is C#CC(O)(CCCOCC)C1CCCC1. The fraction of sp³-hybridized carbons (Fsp3) is 0.846. The normalized spacial score (nSPS) is 21.1. The molecule has 15 heavy (non-hydrogen) atoms. The first-order chi connectivity index (χ1) is 7.23. The molecular weight excluding hydrogens is 188 g/mol. The number of aliphatic hydroxyl groups is 1. The molecule has 0 aromatic carbocycles. The summed E-state index contributed by atoms with van der Waals surface area (Å²) in [6.07, 6.45) is 11.6. The number of rotatable bonds is 6. The third-order valence-corrected chi connectivity index (χ3v) is 3.33. The first kappa shape index (κ1) is 12.5. The van der Waals surface area contributed by atoms with Crippen LogP contribution in [0.2, 0.25) is 0 Å². The molecule has 0 bridgehead atoms. The smallest absolute Gasteiger partial charge is 0.128 e. The third kappa shape index (κ3) is 3.52. The zero-order valence-electron chi connectivity index (χ0n) is 9.67. The van der Waals surface area contributed by atoms with Gasteiger partial charge in [0.2, 0.25) is 0 Å². The van der Waals surface area contributed by atoms with Gasteiger partial charge < -0.3 is 9.84 Å². The van der Waals surface area contributed by atoms with Gasteiger partial charge in [-0.05, 0) is 38.5 Å². The quantitative estimate of drug-likeness (QED) is 0.538. The highest BCUT2D eigenvalue weighted by Gasteiger charge is 2.35. The summed E-state index contributed by atoms with van der Waals surface area (Å²) in [6.45, 7) is 3.41. The van der Waals surface area contributed by atoms with Gasteiger partial charge in [0, 0.05) is 13.2 Å². The molecule has 1 rings (SSSR count). The lowest BCUT2D eigenvalue weighted by molar-refractivity contribution is 0.0213. The van der Waals surface area contributed by atoms with Crippen LogP contribution in [0.1, 0.15) is 45.4 Å². The molecule has 1 saturated carbocycles. The Bertz CT molecular complexity index is 213. The molecule has 0 radical (unpaired) electrons. The molecule has 1 aliphatic rings. The Hall–Kier alpha value is -0.520. The van der Waals surface area contributed by atoms with E-state index in [1.165, 1.54) is 12.8 Å². The minimum absolute atomic E-state index is 0.309. The Labute approximate surface area is 93.0 Å². The second-order valence-corrected chi connectivity index (χ2v) is 4.35. The monoisotopic (exact) mass is 210 g/mol. The van der Waals surface area contributed by atoms with E-state index in [0.717, 1.165) is 25.9 Å². The molecule has 1 aliphatic carbocycles. The van der Waals surface area contributed by atoms with Gasteiger partial charge in [0.05, 0.1) is 0 Å².